The number of hydrogen-bond acceptors (Lipinski definition) is 4. The number of carbonyl (C=O) groups excluding carboxylic acids is 1. The molecule has 1 aromatic rings. The first-order valence-corrected chi connectivity index (χ1v) is 6.45. The molecule has 1 fully saturated rings. The van der Waals surface area contributed by atoms with E-state index >= 15 is 0 Å². The van der Waals surface area contributed by atoms with Crippen molar-refractivity contribution in [3.8, 4) is 0 Å². The van der Waals surface area contributed by atoms with Crippen LogP contribution in [-0.4, -0.2) is 29.0 Å². The Kier molecular flexibility index (Phi) is 3.65. The first-order valence-electron chi connectivity index (χ1n) is 5.37. The second kappa shape index (κ2) is 5.03. The van der Waals surface area contributed by atoms with Crippen LogP contribution in [0.1, 0.15) is 12.8 Å². The largest absolute Gasteiger partial charge is 0.369 e. The Morgan fingerprint density at radius 1 is 1.65 bits per heavy atom. The molecule has 1 aliphatic heterocycles. The molecule has 1 saturated heterocycles. The summed E-state index contributed by atoms with van der Waals surface area (Å²) in [6.07, 6.45) is 3.08. The van der Waals surface area contributed by atoms with Crippen LogP contribution < -0.4 is 16.2 Å². The van der Waals surface area contributed by atoms with Crippen LogP contribution in [0.3, 0.4) is 0 Å². The molecular formula is C10H13IN4O2. The van der Waals surface area contributed by atoms with E-state index in [-0.39, 0.29) is 17.4 Å². The van der Waals surface area contributed by atoms with Gasteiger partial charge in [-0.1, -0.05) is 0 Å². The summed E-state index contributed by atoms with van der Waals surface area (Å²) in [5.74, 6) is 0.204. The van der Waals surface area contributed by atoms with Crippen LogP contribution in [0.25, 0.3) is 0 Å². The van der Waals surface area contributed by atoms with Crippen LogP contribution in [0.5, 0.6) is 0 Å². The zero-order valence-electron chi connectivity index (χ0n) is 9.15. The number of primary amides is 1. The number of aromatic nitrogens is 2. The highest BCUT2D eigenvalue weighted by molar-refractivity contribution is 14.1. The van der Waals surface area contributed by atoms with Crippen LogP contribution in [0, 0.1) is 9.49 Å². The third-order valence-corrected chi connectivity index (χ3v) is 3.87. The van der Waals surface area contributed by atoms with E-state index in [9.17, 15) is 9.59 Å². The van der Waals surface area contributed by atoms with E-state index in [0.717, 1.165) is 19.4 Å². The maximum atomic E-state index is 11.5. The fourth-order valence-electron chi connectivity index (χ4n) is 2.00. The van der Waals surface area contributed by atoms with Gasteiger partial charge in [-0.15, -0.1) is 0 Å². The number of amides is 1. The van der Waals surface area contributed by atoms with Crippen molar-refractivity contribution in [1.29, 1.82) is 0 Å². The molecule has 0 bridgehead atoms. The topological polar surface area (TPSA) is 92.1 Å². The molecule has 2 heterocycles. The predicted molar refractivity (Wildman–Crippen MR) is 71.7 cm³/mol. The van der Waals surface area contributed by atoms with Crippen LogP contribution >= 0.6 is 22.6 Å². The fraction of sp³-hybridized carbons (Fsp3) is 0.500. The van der Waals surface area contributed by atoms with Crippen molar-refractivity contribution >= 4 is 34.3 Å². The van der Waals surface area contributed by atoms with Crippen molar-refractivity contribution in [3.63, 3.8) is 0 Å². The van der Waals surface area contributed by atoms with Crippen molar-refractivity contribution in [1.82, 2.24) is 9.97 Å². The number of nitrogens with one attached hydrogen (secondary N) is 1. The molecule has 1 aliphatic rings. The number of aromatic amines is 1. The SMILES string of the molecule is NC(=O)C1CCCN(c2nc[nH]c(=O)c2I)C1. The van der Waals surface area contributed by atoms with Crippen molar-refractivity contribution in [2.24, 2.45) is 11.7 Å². The van der Waals surface area contributed by atoms with Gasteiger partial charge in [0.25, 0.3) is 5.56 Å². The zero-order chi connectivity index (χ0) is 12.4. The molecule has 1 atom stereocenters. The minimum absolute atomic E-state index is 0.152. The minimum Gasteiger partial charge on any atom is -0.369 e. The third-order valence-electron chi connectivity index (χ3n) is 2.90. The predicted octanol–water partition coefficient (Wildman–Crippen LogP) is 0.0762. The fourth-order valence-corrected chi connectivity index (χ4v) is 2.63. The molecule has 1 aromatic heterocycles. The first-order chi connectivity index (χ1) is 8.09. The maximum absolute atomic E-state index is 11.5. The van der Waals surface area contributed by atoms with E-state index in [1.807, 2.05) is 27.5 Å². The normalized spacial score (nSPS) is 20.3. The molecule has 6 nitrogen and oxygen atoms in total. The number of piperidine rings is 1. The van der Waals surface area contributed by atoms with Gasteiger partial charge in [-0.3, -0.25) is 9.59 Å². The van der Waals surface area contributed by atoms with Gasteiger partial charge in [0.05, 0.1) is 12.2 Å². The Morgan fingerprint density at radius 2 is 2.41 bits per heavy atom. The van der Waals surface area contributed by atoms with Gasteiger partial charge in [0, 0.05) is 13.1 Å². The Bertz CT molecular complexity index is 487. The van der Waals surface area contributed by atoms with Gasteiger partial charge in [-0.25, -0.2) is 4.98 Å². The van der Waals surface area contributed by atoms with Crippen molar-refractivity contribution in [3.05, 3.63) is 20.3 Å². The number of nitrogens with two attached hydrogens (primary N) is 1. The second-order valence-electron chi connectivity index (χ2n) is 4.06. The third kappa shape index (κ3) is 2.59. The lowest BCUT2D eigenvalue weighted by Gasteiger charge is -2.32. The highest BCUT2D eigenvalue weighted by Crippen LogP contribution is 2.23. The Balaban J connectivity index is 2.25. The first kappa shape index (κ1) is 12.3. The number of nitrogens with zero attached hydrogens (tertiary/aromatic N) is 2. The molecule has 0 spiro atoms. The second-order valence-corrected chi connectivity index (χ2v) is 5.14. The molecule has 1 amide bonds. The van der Waals surface area contributed by atoms with Crippen LogP contribution in [0.4, 0.5) is 5.82 Å². The van der Waals surface area contributed by atoms with E-state index in [1.165, 1.54) is 6.33 Å². The van der Waals surface area contributed by atoms with Crippen molar-refractivity contribution in [2.45, 2.75) is 12.8 Å². The average Bonchev–Trinajstić information content (AvgIpc) is 2.33. The van der Waals surface area contributed by atoms with Crippen LogP contribution in [0.2, 0.25) is 0 Å². The maximum Gasteiger partial charge on any atom is 0.266 e. The number of anilines is 1. The van der Waals surface area contributed by atoms with Crippen LogP contribution in [0.15, 0.2) is 11.1 Å². The van der Waals surface area contributed by atoms with Crippen LogP contribution in [-0.2, 0) is 4.79 Å². The molecule has 0 aromatic carbocycles. The van der Waals surface area contributed by atoms with Gasteiger partial charge in [-0.2, -0.15) is 0 Å². The lowest BCUT2D eigenvalue weighted by atomic mass is 9.97. The Labute approximate surface area is 112 Å². The molecule has 0 aliphatic carbocycles. The summed E-state index contributed by atoms with van der Waals surface area (Å²) >= 11 is 1.97. The summed E-state index contributed by atoms with van der Waals surface area (Å²) in [5, 5.41) is 0. The lowest BCUT2D eigenvalue weighted by molar-refractivity contribution is -0.122. The standard InChI is InChI=1S/C10H13IN4O2/c11-7-9(13-5-14-10(7)17)15-3-1-2-6(4-15)8(12)16/h5-6H,1-4H2,(H2,12,16)(H,13,14,17). The van der Waals surface area contributed by atoms with Crippen molar-refractivity contribution < 1.29 is 4.79 Å². The summed E-state index contributed by atoms with van der Waals surface area (Å²) in [6, 6.07) is 0. The quantitative estimate of drug-likeness (QED) is 0.741. The molecule has 2 rings (SSSR count). The summed E-state index contributed by atoms with van der Waals surface area (Å²) in [7, 11) is 0. The van der Waals surface area contributed by atoms with Crippen molar-refractivity contribution in [2.75, 3.05) is 18.0 Å². The molecule has 3 N–H and O–H groups in total. The van der Waals surface area contributed by atoms with Gasteiger partial charge < -0.3 is 15.6 Å². The smallest absolute Gasteiger partial charge is 0.266 e. The molecule has 0 saturated carbocycles. The minimum atomic E-state index is -0.283. The lowest BCUT2D eigenvalue weighted by Crippen LogP contribution is -2.42. The molecule has 17 heavy (non-hydrogen) atoms. The highest BCUT2D eigenvalue weighted by atomic mass is 127. The molecule has 92 valence electrons. The molecule has 1 unspecified atom stereocenters. The monoisotopic (exact) mass is 348 g/mol. The van der Waals surface area contributed by atoms with E-state index in [0.29, 0.717) is 15.9 Å². The van der Waals surface area contributed by atoms with Gasteiger partial charge in [0.2, 0.25) is 5.91 Å². The van der Waals surface area contributed by atoms with Gasteiger partial charge in [0.15, 0.2) is 0 Å². The molecular weight excluding hydrogens is 335 g/mol. The molecule has 0 radical (unpaired) electrons. The number of carbonyl (C=O) groups is 1. The van der Waals surface area contributed by atoms with Gasteiger partial charge in [0.1, 0.15) is 9.39 Å². The summed E-state index contributed by atoms with van der Waals surface area (Å²) in [6.45, 7) is 1.35. The van der Waals surface area contributed by atoms with E-state index < -0.39 is 0 Å². The summed E-state index contributed by atoms with van der Waals surface area (Å²) in [5.41, 5.74) is 5.16. The number of halogens is 1. The molecule has 7 heteroatoms. The number of H-pyrrole nitrogens is 1. The van der Waals surface area contributed by atoms with E-state index in [1.54, 1.807) is 0 Å². The summed E-state index contributed by atoms with van der Waals surface area (Å²) in [4.78, 5) is 31.3. The highest BCUT2D eigenvalue weighted by Gasteiger charge is 2.26. The zero-order valence-corrected chi connectivity index (χ0v) is 11.3. The summed E-state index contributed by atoms with van der Waals surface area (Å²) < 4.78 is 0.551. The average molecular weight is 348 g/mol. The van der Waals surface area contributed by atoms with E-state index in [4.69, 9.17) is 5.73 Å². The Hall–Kier alpha value is -1.12. The van der Waals surface area contributed by atoms with E-state index in [2.05, 4.69) is 9.97 Å². The van der Waals surface area contributed by atoms with Gasteiger partial charge >= 0.3 is 0 Å². The van der Waals surface area contributed by atoms with Gasteiger partial charge in [-0.05, 0) is 35.4 Å². The number of rotatable bonds is 2. The Morgan fingerprint density at radius 3 is 3.12 bits per heavy atom. The number of hydrogen-bond donors (Lipinski definition) is 2.